The molecule has 11 nitrogen and oxygen atoms in total. The third-order valence-corrected chi connectivity index (χ3v) is 12.9. The summed E-state index contributed by atoms with van der Waals surface area (Å²) in [6.45, 7) is 2.25. The van der Waals surface area contributed by atoms with Crippen LogP contribution in [0.5, 0.6) is 0 Å². The first-order valence-corrected chi connectivity index (χ1v) is 25.2. The summed E-state index contributed by atoms with van der Waals surface area (Å²) in [6, 6.07) is 70.4. The van der Waals surface area contributed by atoms with E-state index in [4.69, 9.17) is 52.1 Å². The third-order valence-electron chi connectivity index (χ3n) is 12.9. The van der Waals surface area contributed by atoms with Crippen LogP contribution in [0.2, 0.25) is 0 Å². The van der Waals surface area contributed by atoms with Crippen molar-refractivity contribution >= 4 is 0 Å². The average molecular weight is 987 g/mol. The van der Waals surface area contributed by atoms with Crippen LogP contribution in [0.15, 0.2) is 212 Å². The van der Waals surface area contributed by atoms with Gasteiger partial charge in [-0.15, -0.1) is 0 Å². The van der Waals surface area contributed by atoms with Crippen molar-refractivity contribution in [2.24, 2.45) is 0 Å². The normalized spacial score (nSPS) is 24.0. The lowest BCUT2D eigenvalue weighted by atomic mass is 9.96. The van der Waals surface area contributed by atoms with Crippen LogP contribution in [-0.2, 0) is 98.4 Å². The summed E-state index contributed by atoms with van der Waals surface area (Å²) in [5, 5.41) is 0. The van der Waals surface area contributed by atoms with E-state index in [9.17, 15) is 0 Å². The van der Waals surface area contributed by atoms with Crippen molar-refractivity contribution in [3.8, 4) is 0 Å². The summed E-state index contributed by atoms with van der Waals surface area (Å²) in [7, 11) is 1.61. The van der Waals surface area contributed by atoms with Gasteiger partial charge in [0, 0.05) is 7.11 Å². The molecule has 2 saturated heterocycles. The number of hydrogen-bond donors (Lipinski definition) is 0. The van der Waals surface area contributed by atoms with Crippen molar-refractivity contribution in [3.05, 3.63) is 251 Å². The van der Waals surface area contributed by atoms with Gasteiger partial charge in [-0.3, -0.25) is 0 Å². The molecular formula is C62H66O11. The van der Waals surface area contributed by atoms with Crippen molar-refractivity contribution in [1.82, 2.24) is 0 Å². The zero-order valence-corrected chi connectivity index (χ0v) is 41.3. The summed E-state index contributed by atoms with van der Waals surface area (Å²) < 4.78 is 75.2. The smallest absolute Gasteiger partial charge is 0.187 e. The van der Waals surface area contributed by atoms with Crippen molar-refractivity contribution < 1.29 is 52.1 Å². The molecule has 0 spiro atoms. The molecule has 0 aliphatic carbocycles. The number of benzene rings is 7. The Morgan fingerprint density at radius 3 is 0.863 bits per heavy atom. The molecule has 10 atom stereocenters. The molecule has 0 aromatic heterocycles. The highest BCUT2D eigenvalue weighted by Crippen LogP contribution is 2.35. The van der Waals surface area contributed by atoms with Crippen molar-refractivity contribution in [1.29, 1.82) is 0 Å². The Morgan fingerprint density at radius 2 is 0.534 bits per heavy atom. The molecule has 7 aromatic carbocycles. The second kappa shape index (κ2) is 28.0. The molecule has 0 radical (unpaired) electrons. The number of methoxy groups -OCH3 is 1. The average Bonchev–Trinajstić information content (AvgIpc) is 3.45. The molecule has 7 aromatic rings. The van der Waals surface area contributed by atoms with Crippen molar-refractivity contribution in [2.45, 2.75) is 108 Å². The number of rotatable bonds is 26. The van der Waals surface area contributed by atoms with Crippen LogP contribution in [0.1, 0.15) is 38.9 Å². The van der Waals surface area contributed by atoms with Crippen LogP contribution < -0.4 is 0 Å². The molecule has 11 heteroatoms. The van der Waals surface area contributed by atoms with Gasteiger partial charge in [0.25, 0.3) is 0 Å². The van der Waals surface area contributed by atoms with E-state index >= 15 is 0 Å². The second-order valence-corrected chi connectivity index (χ2v) is 18.2. The molecule has 0 amide bonds. The minimum absolute atomic E-state index is 0.00960. The van der Waals surface area contributed by atoms with Crippen LogP contribution in [0.3, 0.4) is 0 Å². The summed E-state index contributed by atoms with van der Waals surface area (Å²) >= 11 is 0. The monoisotopic (exact) mass is 986 g/mol. The van der Waals surface area contributed by atoms with Gasteiger partial charge in [0.1, 0.15) is 48.8 Å². The Morgan fingerprint density at radius 1 is 0.274 bits per heavy atom. The first-order chi connectivity index (χ1) is 36.2. The van der Waals surface area contributed by atoms with Gasteiger partial charge in [-0.25, -0.2) is 0 Å². The van der Waals surface area contributed by atoms with Crippen LogP contribution >= 0.6 is 0 Å². The van der Waals surface area contributed by atoms with Gasteiger partial charge in [-0.1, -0.05) is 212 Å². The molecule has 0 saturated carbocycles. The summed E-state index contributed by atoms with van der Waals surface area (Å²) in [5.74, 6) is 0. The Kier molecular flexibility index (Phi) is 19.9. The highest BCUT2D eigenvalue weighted by molar-refractivity contribution is 5.19. The van der Waals surface area contributed by atoms with Crippen LogP contribution in [-0.4, -0.2) is 81.7 Å². The van der Waals surface area contributed by atoms with E-state index in [2.05, 4.69) is 0 Å². The summed E-state index contributed by atoms with van der Waals surface area (Å²) in [6.07, 6.45) is -7.47. The van der Waals surface area contributed by atoms with E-state index in [0.29, 0.717) is 26.4 Å². The maximum absolute atomic E-state index is 7.10. The van der Waals surface area contributed by atoms with E-state index in [0.717, 1.165) is 38.9 Å². The summed E-state index contributed by atoms with van der Waals surface area (Å²) in [4.78, 5) is 0. The zero-order chi connectivity index (χ0) is 49.7. The van der Waals surface area contributed by atoms with E-state index in [1.165, 1.54) is 0 Å². The molecule has 2 fully saturated rings. The lowest BCUT2D eigenvalue weighted by Crippen LogP contribution is -2.64. The first-order valence-electron chi connectivity index (χ1n) is 25.2. The third kappa shape index (κ3) is 15.3. The van der Waals surface area contributed by atoms with Gasteiger partial charge < -0.3 is 52.1 Å². The fourth-order valence-electron chi connectivity index (χ4n) is 9.14. The van der Waals surface area contributed by atoms with E-state index in [1.54, 1.807) is 7.11 Å². The predicted octanol–water partition coefficient (Wildman–Crippen LogP) is 10.8. The van der Waals surface area contributed by atoms with E-state index in [1.807, 2.05) is 212 Å². The Hall–Kier alpha value is -5.90. The molecule has 73 heavy (non-hydrogen) atoms. The minimum Gasteiger partial charge on any atom is -0.374 e. The highest BCUT2D eigenvalue weighted by atomic mass is 16.7. The molecule has 0 N–H and O–H groups in total. The van der Waals surface area contributed by atoms with Gasteiger partial charge in [0.15, 0.2) is 12.6 Å². The van der Waals surface area contributed by atoms with Crippen LogP contribution in [0.4, 0.5) is 0 Å². The topological polar surface area (TPSA) is 102 Å². The second-order valence-electron chi connectivity index (χ2n) is 18.2. The molecule has 380 valence electrons. The van der Waals surface area contributed by atoms with E-state index in [-0.39, 0.29) is 33.0 Å². The SMILES string of the molecule is CO[C@H]1O[C@H](CO[C@H]2O[C@H](COCc3ccccc3)[C@H](OCc3ccccc3)[C@H](OCc3ccccc3)[C@H]2OCc2ccccc2)[C@@H](OCc2ccccc2)[C@H](OCc2ccccc2)[C@H]1OCc1ccccc1. The Labute approximate surface area is 429 Å². The maximum atomic E-state index is 7.10. The molecule has 2 aliphatic heterocycles. The maximum Gasteiger partial charge on any atom is 0.187 e. The highest BCUT2D eigenvalue weighted by Gasteiger charge is 2.52. The quantitative estimate of drug-likeness (QED) is 0.0518. The minimum atomic E-state index is -0.999. The Balaban J connectivity index is 1.05. The fourth-order valence-corrected chi connectivity index (χ4v) is 9.14. The van der Waals surface area contributed by atoms with Gasteiger partial charge in [-0.2, -0.15) is 0 Å². The van der Waals surface area contributed by atoms with Gasteiger partial charge in [0.2, 0.25) is 0 Å². The lowest BCUT2D eigenvalue weighted by Gasteiger charge is -2.48. The Bertz CT molecular complexity index is 2560. The molecule has 2 aliphatic rings. The number of hydrogen-bond acceptors (Lipinski definition) is 11. The zero-order valence-electron chi connectivity index (χ0n) is 41.3. The predicted molar refractivity (Wildman–Crippen MR) is 276 cm³/mol. The van der Waals surface area contributed by atoms with Crippen LogP contribution in [0.25, 0.3) is 0 Å². The van der Waals surface area contributed by atoms with Crippen molar-refractivity contribution in [2.75, 3.05) is 20.3 Å². The lowest BCUT2D eigenvalue weighted by molar-refractivity contribution is -0.351. The van der Waals surface area contributed by atoms with Crippen LogP contribution in [0, 0.1) is 0 Å². The molecule has 0 bridgehead atoms. The first kappa shape index (κ1) is 52.0. The van der Waals surface area contributed by atoms with E-state index < -0.39 is 61.4 Å². The largest absolute Gasteiger partial charge is 0.374 e. The molecule has 2 heterocycles. The number of ether oxygens (including phenoxy) is 11. The van der Waals surface area contributed by atoms with Gasteiger partial charge in [-0.05, 0) is 38.9 Å². The molecule has 0 unspecified atom stereocenters. The molecular weight excluding hydrogens is 921 g/mol. The standard InChI is InChI=1S/C62H66O11/c1-63-61-59(69-42-51-33-19-7-20-34-51)57(67-40-49-29-15-5-16-30-49)56(66-39-48-27-13-4-14-28-48)54(72-61)45-71-62-60(70-43-52-35-21-8-22-36-52)58(68-41-50-31-17-6-18-32-50)55(65-38-47-25-11-3-12-26-47)53(73-62)44-64-37-46-23-9-2-10-24-46/h2-36,53-62H,37-45H2,1H3/t53-,54-,55+,56-,57+,58+,59-,60-,61+,62+/m1/s1. The fraction of sp³-hybridized carbons (Fsp3) is 0.323. The van der Waals surface area contributed by atoms with Gasteiger partial charge >= 0.3 is 0 Å². The summed E-state index contributed by atoms with van der Waals surface area (Å²) in [5.41, 5.74) is 7.00. The molecule has 9 rings (SSSR count). The van der Waals surface area contributed by atoms with Crippen molar-refractivity contribution in [3.63, 3.8) is 0 Å². The van der Waals surface area contributed by atoms with Gasteiger partial charge in [0.05, 0.1) is 59.5 Å².